The minimum absolute atomic E-state index is 0.108. The number of allylic oxidation sites excluding steroid dienone is 4. The van der Waals surface area contributed by atoms with Crippen molar-refractivity contribution in [3.8, 4) is 0 Å². The molecule has 2 rings (SSSR count). The van der Waals surface area contributed by atoms with Gasteiger partial charge in [-0.3, -0.25) is 14.4 Å². The minimum atomic E-state index is -0.401. The molecule has 0 saturated heterocycles. The lowest BCUT2D eigenvalue weighted by atomic mass is 9.70. The number of ether oxygens (including phenoxy) is 1. The summed E-state index contributed by atoms with van der Waals surface area (Å²) in [7, 11) is 1.59. The maximum Gasteiger partial charge on any atom is 0.223 e. The van der Waals surface area contributed by atoms with Gasteiger partial charge >= 0.3 is 0 Å². The van der Waals surface area contributed by atoms with E-state index in [-0.39, 0.29) is 30.6 Å². The first-order valence-electron chi connectivity index (χ1n) is 24.8. The monoisotopic (exact) mass is 855 g/mol. The Kier molecular flexibility index (Phi) is 26.7. The van der Waals surface area contributed by atoms with Crippen LogP contribution in [0.4, 0.5) is 0 Å². The highest BCUT2D eigenvalue weighted by atomic mass is 17.2. The van der Waals surface area contributed by atoms with Crippen LogP contribution < -0.4 is 10.6 Å². The number of methoxy groups -OCH3 is 1. The van der Waals surface area contributed by atoms with E-state index in [0.717, 1.165) is 32.1 Å². The van der Waals surface area contributed by atoms with Crippen LogP contribution in [0, 0.1) is 40.4 Å². The van der Waals surface area contributed by atoms with E-state index in [1.807, 2.05) is 0 Å². The summed E-state index contributed by atoms with van der Waals surface area (Å²) in [5.41, 5.74) is 7.34. The van der Waals surface area contributed by atoms with Crippen molar-refractivity contribution in [3.63, 3.8) is 0 Å². The van der Waals surface area contributed by atoms with Gasteiger partial charge in [-0.1, -0.05) is 123 Å². The van der Waals surface area contributed by atoms with Crippen LogP contribution in [0.2, 0.25) is 0 Å². The number of unbranched alkanes of at least 4 members (excludes halogenated alkanes) is 1. The molecule has 0 bridgehead atoms. The molecule has 2 amide bonds. The normalized spacial score (nSPS) is 19.1. The van der Waals surface area contributed by atoms with Crippen LogP contribution in [0.5, 0.6) is 0 Å². The lowest BCUT2D eigenvalue weighted by Crippen LogP contribution is -2.32. The van der Waals surface area contributed by atoms with Crippen LogP contribution in [-0.4, -0.2) is 51.0 Å². The van der Waals surface area contributed by atoms with Gasteiger partial charge in [-0.2, -0.15) is 4.89 Å². The summed E-state index contributed by atoms with van der Waals surface area (Å²) in [6.45, 7) is 25.1. The molecule has 0 spiro atoms. The zero-order valence-electron chi connectivity index (χ0n) is 41.4. The third kappa shape index (κ3) is 23.2. The van der Waals surface area contributed by atoms with Gasteiger partial charge in [0.1, 0.15) is 18.7 Å². The summed E-state index contributed by atoms with van der Waals surface area (Å²) >= 11 is 0. The molecule has 352 valence electrons. The molecule has 5 atom stereocenters. The maximum atomic E-state index is 13.4. The topological polar surface area (TPSA) is 103 Å². The second kappa shape index (κ2) is 29.8. The molecule has 0 saturated carbocycles. The van der Waals surface area contributed by atoms with Gasteiger partial charge < -0.3 is 20.3 Å². The molecule has 2 aliphatic rings. The van der Waals surface area contributed by atoms with Gasteiger partial charge in [-0.05, 0) is 131 Å². The summed E-state index contributed by atoms with van der Waals surface area (Å²) in [5.74, 6) is 1.78. The molecular formula is C53H94N2O6. The number of amides is 2. The predicted octanol–water partition coefficient (Wildman–Crippen LogP) is 13.4. The number of ketones is 1. The van der Waals surface area contributed by atoms with Crippen molar-refractivity contribution < 1.29 is 28.9 Å². The maximum absolute atomic E-state index is 13.4. The Balaban J connectivity index is 1.74. The number of Topliss-reactive ketones (excluding diaryl/α,β-unsaturated/α-hetero) is 1. The van der Waals surface area contributed by atoms with E-state index >= 15 is 0 Å². The fourth-order valence-corrected chi connectivity index (χ4v) is 10.2. The number of hydrogen-bond donors (Lipinski definition) is 2. The van der Waals surface area contributed by atoms with Crippen LogP contribution in [0.3, 0.4) is 0 Å². The quantitative estimate of drug-likeness (QED) is 0.0224. The minimum Gasteiger partial charge on any atom is -0.382 e. The smallest absolute Gasteiger partial charge is 0.223 e. The van der Waals surface area contributed by atoms with E-state index in [1.54, 1.807) is 35.5 Å². The lowest BCUT2D eigenvalue weighted by molar-refractivity contribution is -0.254. The van der Waals surface area contributed by atoms with Crippen LogP contribution in [-0.2, 0) is 28.9 Å². The van der Waals surface area contributed by atoms with Gasteiger partial charge in [0.15, 0.2) is 0 Å². The van der Waals surface area contributed by atoms with Crippen molar-refractivity contribution in [2.45, 2.75) is 210 Å². The van der Waals surface area contributed by atoms with Gasteiger partial charge in [0.2, 0.25) is 11.8 Å². The molecule has 0 aromatic heterocycles. The standard InChI is InChI=1S/C53H94N2O6/c1-40(26-28-48-44(5)23-16-30-52(48,7)8)19-14-21-42(3)37-47(56)39-46(51(58)55-33-18-34-60-61-36-35-59-11)25-12-13-32-54-50(57)38-43(4)22-15-20-41(2)27-29-49-45(6)24-17-31-53(49,9)10/h18,34,40-43,46H,12-17,19-33,35-39H2,1-11H3,(H,54,57)(H,55,58)/b34-18-. The highest BCUT2D eigenvalue weighted by Crippen LogP contribution is 2.44. The molecule has 61 heavy (non-hydrogen) atoms. The summed E-state index contributed by atoms with van der Waals surface area (Å²) in [4.78, 5) is 49.5. The van der Waals surface area contributed by atoms with Crippen LogP contribution in [0.1, 0.15) is 210 Å². The first kappa shape index (κ1) is 54.7. The third-order valence-corrected chi connectivity index (χ3v) is 14.2. The van der Waals surface area contributed by atoms with Gasteiger partial charge in [-0.15, -0.1) is 0 Å². The van der Waals surface area contributed by atoms with E-state index in [9.17, 15) is 14.4 Å². The van der Waals surface area contributed by atoms with Crippen molar-refractivity contribution in [1.82, 2.24) is 10.6 Å². The first-order chi connectivity index (χ1) is 28.9. The Morgan fingerprint density at radius 2 is 1.20 bits per heavy atom. The third-order valence-electron chi connectivity index (χ3n) is 14.2. The van der Waals surface area contributed by atoms with Crippen molar-refractivity contribution in [2.75, 3.05) is 33.4 Å². The molecule has 0 fully saturated rings. The Morgan fingerprint density at radius 3 is 1.74 bits per heavy atom. The van der Waals surface area contributed by atoms with Crippen molar-refractivity contribution in [3.05, 3.63) is 34.6 Å². The molecule has 0 aliphatic heterocycles. The van der Waals surface area contributed by atoms with Gasteiger partial charge in [0.25, 0.3) is 0 Å². The Morgan fingerprint density at radius 1 is 0.656 bits per heavy atom. The number of carbonyl (C=O) groups is 3. The molecule has 8 heteroatoms. The summed E-state index contributed by atoms with van der Waals surface area (Å²) in [5, 5.41) is 6.07. The lowest BCUT2D eigenvalue weighted by Gasteiger charge is -2.35. The van der Waals surface area contributed by atoms with E-state index < -0.39 is 5.92 Å². The Labute approximate surface area is 374 Å². The van der Waals surface area contributed by atoms with E-state index in [0.29, 0.717) is 73.5 Å². The largest absolute Gasteiger partial charge is 0.382 e. The number of carbonyl (C=O) groups excluding carboxylic acids is 3. The molecule has 0 heterocycles. The highest BCUT2D eigenvalue weighted by Gasteiger charge is 2.29. The zero-order valence-corrected chi connectivity index (χ0v) is 41.4. The number of rotatable bonds is 33. The summed E-state index contributed by atoms with van der Waals surface area (Å²) < 4.78 is 4.93. The van der Waals surface area contributed by atoms with Gasteiger partial charge in [0, 0.05) is 45.4 Å². The van der Waals surface area contributed by atoms with Crippen LogP contribution in [0.15, 0.2) is 34.6 Å². The van der Waals surface area contributed by atoms with Gasteiger partial charge in [-0.25, -0.2) is 0 Å². The van der Waals surface area contributed by atoms with E-state index in [1.165, 1.54) is 89.7 Å². The summed E-state index contributed by atoms with van der Waals surface area (Å²) in [6.07, 6.45) is 26.1. The fraction of sp³-hybridized carbons (Fsp3) is 0.830. The van der Waals surface area contributed by atoms with Crippen molar-refractivity contribution >= 4 is 17.6 Å². The van der Waals surface area contributed by atoms with Crippen LogP contribution in [0.25, 0.3) is 0 Å². The van der Waals surface area contributed by atoms with E-state index in [2.05, 4.69) is 79.9 Å². The predicted molar refractivity (Wildman–Crippen MR) is 254 cm³/mol. The fourth-order valence-electron chi connectivity index (χ4n) is 10.2. The molecule has 0 aromatic rings. The zero-order chi connectivity index (χ0) is 45.3. The molecule has 8 nitrogen and oxygen atoms in total. The van der Waals surface area contributed by atoms with Crippen molar-refractivity contribution in [1.29, 1.82) is 0 Å². The van der Waals surface area contributed by atoms with Gasteiger partial charge in [0.05, 0.1) is 6.61 Å². The second-order valence-electron chi connectivity index (χ2n) is 21.1. The highest BCUT2D eigenvalue weighted by molar-refractivity contribution is 5.87. The number of nitrogens with one attached hydrogen (secondary N) is 2. The summed E-state index contributed by atoms with van der Waals surface area (Å²) in [6, 6.07) is 0. The Hall–Kier alpha value is -2.45. The molecule has 2 N–H and O–H groups in total. The van der Waals surface area contributed by atoms with Crippen molar-refractivity contribution in [2.24, 2.45) is 40.4 Å². The molecule has 0 radical (unpaired) electrons. The van der Waals surface area contributed by atoms with Crippen LogP contribution >= 0.6 is 0 Å². The average Bonchev–Trinajstić information content (AvgIpc) is 3.17. The SMILES string of the molecule is COCCOO/C=C\CNC(=O)C(CCCCNC(=O)CC(C)CCCC(C)CCC1=C(C)CCCC1(C)C)CC(=O)CC(C)CCCC(C)CCC1=C(C)CCCC1(C)C. The molecule has 2 aliphatic carbocycles. The van der Waals surface area contributed by atoms with E-state index in [4.69, 9.17) is 14.5 Å². The molecule has 5 unspecified atom stereocenters. The average molecular weight is 855 g/mol. The molecule has 0 aromatic carbocycles. The second-order valence-corrected chi connectivity index (χ2v) is 21.1. The number of hydrogen-bond acceptors (Lipinski definition) is 6. The Bertz CT molecular complexity index is 1380. The molecular weight excluding hydrogens is 761 g/mol. The first-order valence-corrected chi connectivity index (χ1v) is 24.8.